The number of aryl methyl sites for hydroxylation is 4. The first-order chi connectivity index (χ1) is 59.2. The Labute approximate surface area is 702 Å². The molecule has 634 valence electrons. The number of aromatic nitrogens is 5. The third-order valence-electron chi connectivity index (χ3n) is 21.0. The maximum Gasteiger partial charge on any atom is 0.387 e. The molecule has 16 rings (SSSR count). The molecule has 8 heterocycles. The summed E-state index contributed by atoms with van der Waals surface area (Å²) in [5.74, 6) is -1.16. The van der Waals surface area contributed by atoms with E-state index in [1.807, 2.05) is 48.5 Å². The highest BCUT2D eigenvalue weighted by Gasteiger charge is 2.54. The van der Waals surface area contributed by atoms with Crippen molar-refractivity contribution in [2.75, 3.05) is 28.2 Å². The van der Waals surface area contributed by atoms with E-state index in [1.165, 1.54) is 89.0 Å². The number of nitrogens with two attached hydrogens (primary N) is 4. The van der Waals surface area contributed by atoms with E-state index in [-0.39, 0.29) is 64.6 Å². The first kappa shape index (κ1) is 86.5. The molecule has 4 aromatic heterocycles. The van der Waals surface area contributed by atoms with Crippen LogP contribution >= 0.6 is 0 Å². The predicted octanol–water partition coefficient (Wildman–Crippen LogP) is 13.9. The highest BCUT2D eigenvalue weighted by molar-refractivity contribution is 6.12. The van der Waals surface area contributed by atoms with Crippen molar-refractivity contribution in [3.8, 4) is 67.7 Å². The number of nitrogens with zero attached hydrogens (tertiary/aromatic N) is 13. The summed E-state index contributed by atoms with van der Waals surface area (Å²) in [5, 5.41) is 0. The fourth-order valence-corrected chi connectivity index (χ4v) is 14.7. The Balaban J connectivity index is 0.000000142. The topological polar surface area (TPSA) is 349 Å². The Kier molecular flexibility index (Phi) is 24.8. The van der Waals surface area contributed by atoms with Crippen LogP contribution in [0.1, 0.15) is 66.8 Å². The van der Waals surface area contributed by atoms with Crippen LogP contribution in [0.5, 0.6) is 23.0 Å². The molecular weight excluding hydrogens is 1620 g/mol. The van der Waals surface area contributed by atoms with E-state index < -0.39 is 60.3 Å². The first-order valence-electron chi connectivity index (χ1n) is 37.6. The van der Waals surface area contributed by atoms with Crippen LogP contribution in [-0.4, -0.2) is 147 Å². The van der Waals surface area contributed by atoms with Gasteiger partial charge in [0.25, 0.3) is 23.6 Å². The molecule has 4 aliphatic heterocycles. The molecule has 0 fully saturated rings. The lowest BCUT2D eigenvalue weighted by molar-refractivity contribution is -0.130. The van der Waals surface area contributed by atoms with Gasteiger partial charge in [-0.05, 0) is 202 Å². The van der Waals surface area contributed by atoms with Crippen molar-refractivity contribution < 1.29 is 82.1 Å². The number of carbonyl (C=O) groups excluding carboxylic acids is 4. The molecule has 8 N–H and O–H groups in total. The van der Waals surface area contributed by atoms with Crippen LogP contribution in [0.15, 0.2) is 269 Å². The Hall–Kier alpha value is -15.3. The summed E-state index contributed by atoms with van der Waals surface area (Å²) in [6.45, 7) is -5.33. The number of guanidine groups is 4. The summed E-state index contributed by atoms with van der Waals surface area (Å²) >= 11 is 0. The lowest BCUT2D eigenvalue weighted by Crippen LogP contribution is -2.41. The number of aliphatic imine (C=N–C) groups is 4. The van der Waals surface area contributed by atoms with Crippen LogP contribution in [0.2, 0.25) is 0 Å². The van der Waals surface area contributed by atoms with Crippen LogP contribution in [-0.2, 0) is 41.3 Å². The van der Waals surface area contributed by atoms with Crippen LogP contribution in [0.4, 0.5) is 39.5 Å². The van der Waals surface area contributed by atoms with E-state index in [1.54, 1.807) is 176 Å². The number of halogens is 9. The molecule has 0 saturated carbocycles. The van der Waals surface area contributed by atoms with Gasteiger partial charge in [0, 0.05) is 75.9 Å². The molecule has 4 amide bonds. The number of benzene rings is 8. The Morgan fingerprint density at radius 3 is 0.911 bits per heavy atom. The second-order valence-electron chi connectivity index (χ2n) is 28.6. The van der Waals surface area contributed by atoms with Crippen LogP contribution < -0.4 is 41.9 Å². The van der Waals surface area contributed by atoms with Crippen molar-refractivity contribution in [3.05, 3.63) is 317 Å². The molecule has 0 aliphatic carbocycles. The SMILES string of the molecule is Cc1cc(C2(c3cccc(-c4cccnc4)c3)N=C(N)N(C)C2=O)ccc1OC(F)F.Cc1cc(C2(c3cccc(-c4cncc(F)c4)c3)N=C(N)N(C)C2=O)ccc1OC(F)F.Cc1cc(C2(c3cccc(-c4cncnc4)c3)N=C(N)N(C)C2=O)ccc1OC(F)F.Cc1cc(C2(c3cccc(-c4cnco4)c3)N=C(N)N(C)C2=O)ccc1OC(F)F. The van der Waals surface area contributed by atoms with Gasteiger partial charge in [-0.1, -0.05) is 103 Å². The summed E-state index contributed by atoms with van der Waals surface area (Å²) < 4.78 is 139. The number of carbonyl (C=O) groups is 4. The molecule has 35 heteroatoms. The molecule has 124 heavy (non-hydrogen) atoms. The molecule has 0 spiro atoms. The molecule has 12 aromatic rings. The van der Waals surface area contributed by atoms with E-state index in [4.69, 9.17) is 27.4 Å². The maximum absolute atomic E-state index is 13.7. The monoisotopic (exact) mass is 1700 g/mol. The average Bonchev–Trinajstić information content (AvgIpc) is 1.55. The van der Waals surface area contributed by atoms with E-state index in [0.29, 0.717) is 89.2 Å². The molecule has 4 aliphatic rings. The van der Waals surface area contributed by atoms with Gasteiger partial charge in [0.1, 0.15) is 35.1 Å². The second-order valence-corrected chi connectivity index (χ2v) is 28.6. The number of likely N-dealkylation sites (N-methyl/N-ethyl adjacent to an activating group) is 4. The summed E-state index contributed by atoms with van der Waals surface area (Å²) in [4.78, 5) is 96.8. The lowest BCUT2D eigenvalue weighted by atomic mass is 9.81. The first-order valence-corrected chi connectivity index (χ1v) is 37.6. The third kappa shape index (κ3) is 16.9. The smallest absolute Gasteiger partial charge is 0.387 e. The summed E-state index contributed by atoms with van der Waals surface area (Å²) in [6, 6.07) is 52.0. The Bertz CT molecular complexity index is 5990. The van der Waals surface area contributed by atoms with E-state index in [9.17, 15) is 58.7 Å². The van der Waals surface area contributed by atoms with E-state index >= 15 is 0 Å². The van der Waals surface area contributed by atoms with Gasteiger partial charge in [0.2, 0.25) is 0 Å². The van der Waals surface area contributed by atoms with E-state index in [0.717, 1.165) is 28.5 Å². The molecule has 0 bridgehead atoms. The third-order valence-corrected chi connectivity index (χ3v) is 21.0. The minimum absolute atomic E-state index is 0.00534. The summed E-state index contributed by atoms with van der Waals surface area (Å²) in [6.07, 6.45) is 13.7. The number of amides is 4. The zero-order valence-corrected chi connectivity index (χ0v) is 67.1. The van der Waals surface area contributed by atoms with Gasteiger partial charge in [0.05, 0.1) is 12.4 Å². The summed E-state index contributed by atoms with van der Waals surface area (Å²) in [7, 11) is 6.13. The normalized spacial score (nSPS) is 18.5. The second kappa shape index (κ2) is 35.5. The highest BCUT2D eigenvalue weighted by atomic mass is 19.3. The molecule has 0 radical (unpaired) electrons. The summed E-state index contributed by atoms with van der Waals surface area (Å²) in [5.41, 5.74) is 29.1. The van der Waals surface area contributed by atoms with Crippen LogP contribution in [0.25, 0.3) is 44.7 Å². The number of pyridine rings is 2. The fourth-order valence-electron chi connectivity index (χ4n) is 14.7. The number of rotatable bonds is 20. The van der Waals surface area contributed by atoms with Crippen LogP contribution in [0, 0.1) is 33.5 Å². The molecule has 4 unspecified atom stereocenters. The van der Waals surface area contributed by atoms with Gasteiger partial charge >= 0.3 is 26.4 Å². The number of oxazole rings is 1. The zero-order valence-electron chi connectivity index (χ0n) is 67.1. The van der Waals surface area contributed by atoms with Gasteiger partial charge in [-0.15, -0.1) is 0 Å². The molecule has 26 nitrogen and oxygen atoms in total. The Morgan fingerprint density at radius 1 is 0.323 bits per heavy atom. The van der Waals surface area contributed by atoms with Gasteiger partial charge in [-0.25, -0.2) is 39.3 Å². The van der Waals surface area contributed by atoms with Crippen molar-refractivity contribution in [1.29, 1.82) is 0 Å². The fraction of sp³-hybridized carbons (Fsp3) is 0.180. The number of ether oxygens (including phenoxy) is 4. The van der Waals surface area contributed by atoms with Crippen molar-refractivity contribution >= 4 is 47.5 Å². The van der Waals surface area contributed by atoms with Crippen molar-refractivity contribution in [2.24, 2.45) is 42.9 Å². The van der Waals surface area contributed by atoms with Crippen molar-refractivity contribution in [3.63, 3.8) is 0 Å². The maximum atomic E-state index is 13.7. The van der Waals surface area contributed by atoms with E-state index in [2.05, 4.69) is 63.8 Å². The van der Waals surface area contributed by atoms with Crippen LogP contribution in [0.3, 0.4) is 0 Å². The zero-order chi connectivity index (χ0) is 88.9. The number of hydrogen-bond acceptors (Lipinski definition) is 22. The van der Waals surface area contributed by atoms with Crippen molar-refractivity contribution in [1.82, 2.24) is 44.5 Å². The lowest BCUT2D eigenvalue weighted by Gasteiger charge is -2.27. The highest BCUT2D eigenvalue weighted by Crippen LogP contribution is 2.48. The largest absolute Gasteiger partial charge is 0.444 e. The van der Waals surface area contributed by atoms with Gasteiger partial charge < -0.3 is 46.3 Å². The molecule has 4 atom stereocenters. The average molecular weight is 1700 g/mol. The van der Waals surface area contributed by atoms with Gasteiger partial charge in [0.15, 0.2) is 58.1 Å². The minimum atomic E-state index is -2.97. The minimum Gasteiger partial charge on any atom is -0.444 e. The predicted molar refractivity (Wildman–Crippen MR) is 441 cm³/mol. The van der Waals surface area contributed by atoms with Gasteiger partial charge in [-0.3, -0.25) is 48.7 Å². The molecule has 8 aromatic carbocycles. The number of alkyl halides is 8. The standard InChI is InChI=1S/C23H19F3N4O2.C23H20F2N4O2.C22H19F2N5O2.C21H18F2N4O3/c1-13-8-17(6-7-19(13)32-21(25)26)23(20(31)30(2)22(27)29-23)16-5-3-4-14(9-16)15-10-18(24)12-28-11-15;1-14-11-18(8-9-19(14)31-21(24)25)23(20(30)29(2)22(26)28-23)17-7-3-5-15(12-17)16-6-4-10-27-13-16;1-13-8-17(6-7-18(13)31-20(23)24)22(19(30)29(2)21(25)28-22)16-5-3-4-14(9-16)15-10-26-12-27-11-15;1-12-8-15(6-7-16(12)30-19(22)23)21(18(28)27(2)20(24)26-21)14-5-3-4-13(9-14)17-10-25-11-29-17/h3-12,21H,1-2H3,(H2,27,29);3-13,21H,1-2H3,(H2,26,28);3-12,20H,1-2H3,(H2,25,28);3-11,19H,1-2H3,(H2,24,26). The molecule has 0 saturated heterocycles. The Morgan fingerprint density at radius 2 is 0.621 bits per heavy atom. The van der Waals surface area contributed by atoms with Gasteiger partial charge in [-0.2, -0.15) is 35.1 Å². The quantitative estimate of drug-likeness (QED) is 0.0515. The van der Waals surface area contributed by atoms with Crippen molar-refractivity contribution in [2.45, 2.75) is 76.3 Å². The molecular formula is C89H76F9N17O9. The number of hydrogen-bond donors (Lipinski definition) is 4.